The minimum Gasteiger partial charge on any atom is -0.381 e. The first kappa shape index (κ1) is 14.9. The molecule has 3 heteroatoms. The first-order valence-electron chi connectivity index (χ1n) is 7.50. The predicted octanol–water partition coefficient (Wildman–Crippen LogP) is 6.24. The van der Waals surface area contributed by atoms with Crippen LogP contribution < -0.4 is 5.32 Å². The molecule has 1 fully saturated rings. The summed E-state index contributed by atoms with van der Waals surface area (Å²) in [5, 5.41) is 4.48. The highest BCUT2D eigenvalue weighted by Gasteiger charge is 2.26. The van der Waals surface area contributed by atoms with Crippen molar-refractivity contribution in [2.45, 2.75) is 37.6 Å². The molecule has 2 atom stereocenters. The summed E-state index contributed by atoms with van der Waals surface area (Å²) < 4.78 is 1.03. The zero-order valence-electron chi connectivity index (χ0n) is 11.9. The number of benzene rings is 2. The molecule has 0 saturated heterocycles. The summed E-state index contributed by atoms with van der Waals surface area (Å²) in [6.45, 7) is 0. The molecule has 1 aliphatic rings. The molecule has 110 valence electrons. The lowest BCUT2D eigenvalue weighted by molar-refractivity contribution is 0.405. The van der Waals surface area contributed by atoms with E-state index in [-0.39, 0.29) is 0 Å². The lowest BCUT2D eigenvalue weighted by atomic mass is 9.80. The zero-order valence-corrected chi connectivity index (χ0v) is 14.2. The van der Waals surface area contributed by atoms with Crippen molar-refractivity contribution >= 4 is 33.2 Å². The van der Waals surface area contributed by atoms with E-state index in [1.54, 1.807) is 0 Å². The van der Waals surface area contributed by atoms with Gasteiger partial charge >= 0.3 is 0 Å². The van der Waals surface area contributed by atoms with E-state index in [1.807, 2.05) is 12.1 Å². The number of halogens is 2. The molecule has 0 spiro atoms. The third-order valence-electron chi connectivity index (χ3n) is 4.27. The SMILES string of the molecule is Clc1ccc(NC2CCCCC2c2ccccc2)c(Br)c1. The van der Waals surface area contributed by atoms with E-state index in [2.05, 4.69) is 57.6 Å². The van der Waals surface area contributed by atoms with E-state index < -0.39 is 0 Å². The molecular formula is C18H19BrClN. The van der Waals surface area contributed by atoms with Crippen molar-refractivity contribution in [3.05, 3.63) is 63.6 Å². The number of nitrogens with one attached hydrogen (secondary N) is 1. The summed E-state index contributed by atoms with van der Waals surface area (Å²) in [7, 11) is 0. The van der Waals surface area contributed by atoms with Gasteiger partial charge in [0.2, 0.25) is 0 Å². The van der Waals surface area contributed by atoms with Crippen molar-refractivity contribution in [3.8, 4) is 0 Å². The van der Waals surface area contributed by atoms with Gasteiger partial charge in [0.25, 0.3) is 0 Å². The summed E-state index contributed by atoms with van der Waals surface area (Å²) in [6, 6.07) is 17.3. The molecule has 2 aromatic carbocycles. The van der Waals surface area contributed by atoms with Gasteiger partial charge in [0.15, 0.2) is 0 Å². The summed E-state index contributed by atoms with van der Waals surface area (Å²) in [4.78, 5) is 0. The van der Waals surface area contributed by atoms with Gasteiger partial charge in [-0.2, -0.15) is 0 Å². The predicted molar refractivity (Wildman–Crippen MR) is 94.2 cm³/mol. The van der Waals surface area contributed by atoms with Gasteiger partial charge in [0.05, 0.1) is 0 Å². The van der Waals surface area contributed by atoms with Crippen molar-refractivity contribution in [2.24, 2.45) is 0 Å². The van der Waals surface area contributed by atoms with Crippen molar-refractivity contribution in [2.75, 3.05) is 5.32 Å². The Morgan fingerprint density at radius 1 is 1.00 bits per heavy atom. The fraction of sp³-hybridized carbons (Fsp3) is 0.333. The van der Waals surface area contributed by atoms with Gasteiger partial charge in [-0.15, -0.1) is 0 Å². The molecular weight excluding hydrogens is 346 g/mol. The molecule has 0 amide bonds. The highest BCUT2D eigenvalue weighted by Crippen LogP contribution is 2.36. The van der Waals surface area contributed by atoms with Crippen LogP contribution in [-0.2, 0) is 0 Å². The van der Waals surface area contributed by atoms with E-state index in [9.17, 15) is 0 Å². The average molecular weight is 365 g/mol. The Labute approximate surface area is 139 Å². The quantitative estimate of drug-likeness (QED) is 0.679. The topological polar surface area (TPSA) is 12.0 Å². The molecule has 21 heavy (non-hydrogen) atoms. The van der Waals surface area contributed by atoms with Crippen LogP contribution in [0.4, 0.5) is 5.69 Å². The van der Waals surface area contributed by atoms with Crippen molar-refractivity contribution in [1.82, 2.24) is 0 Å². The van der Waals surface area contributed by atoms with E-state index in [0.29, 0.717) is 12.0 Å². The Morgan fingerprint density at radius 3 is 2.52 bits per heavy atom. The van der Waals surface area contributed by atoms with Crippen LogP contribution in [0.3, 0.4) is 0 Å². The lowest BCUT2D eigenvalue weighted by Gasteiger charge is -2.33. The minimum absolute atomic E-state index is 0.485. The Morgan fingerprint density at radius 2 is 1.76 bits per heavy atom. The van der Waals surface area contributed by atoms with Gasteiger partial charge in [0, 0.05) is 27.1 Å². The normalized spacial score (nSPS) is 22.0. The number of hydrogen-bond donors (Lipinski definition) is 1. The fourth-order valence-corrected chi connectivity index (χ4v) is 4.01. The smallest absolute Gasteiger partial charge is 0.0488 e. The summed E-state index contributed by atoms with van der Waals surface area (Å²) in [5.74, 6) is 0.586. The number of anilines is 1. The molecule has 1 N–H and O–H groups in total. The average Bonchev–Trinajstić information content (AvgIpc) is 2.51. The maximum atomic E-state index is 6.03. The summed E-state index contributed by atoms with van der Waals surface area (Å²) in [6.07, 6.45) is 5.09. The largest absolute Gasteiger partial charge is 0.381 e. The molecule has 0 aromatic heterocycles. The Kier molecular flexibility index (Phi) is 4.87. The summed E-state index contributed by atoms with van der Waals surface area (Å²) in [5.41, 5.74) is 2.58. The second kappa shape index (κ2) is 6.85. The van der Waals surface area contributed by atoms with Crippen LogP contribution in [0.5, 0.6) is 0 Å². The van der Waals surface area contributed by atoms with E-state index in [1.165, 1.54) is 31.2 Å². The Bertz CT molecular complexity index is 599. The molecule has 1 aliphatic carbocycles. The van der Waals surface area contributed by atoms with Crippen LogP contribution in [0.15, 0.2) is 53.0 Å². The second-order valence-corrected chi connectivity index (χ2v) is 6.97. The van der Waals surface area contributed by atoms with Gasteiger partial charge in [-0.05, 0) is 52.5 Å². The highest BCUT2D eigenvalue weighted by molar-refractivity contribution is 9.10. The first-order valence-corrected chi connectivity index (χ1v) is 8.67. The fourth-order valence-electron chi connectivity index (χ4n) is 3.21. The molecule has 0 bridgehead atoms. The monoisotopic (exact) mass is 363 g/mol. The van der Waals surface area contributed by atoms with E-state index in [4.69, 9.17) is 11.6 Å². The summed E-state index contributed by atoms with van der Waals surface area (Å²) >= 11 is 9.63. The Hall–Kier alpha value is -0.990. The molecule has 1 saturated carbocycles. The van der Waals surface area contributed by atoms with Gasteiger partial charge in [-0.1, -0.05) is 54.8 Å². The van der Waals surface area contributed by atoms with Crippen LogP contribution >= 0.6 is 27.5 Å². The minimum atomic E-state index is 0.485. The molecule has 0 heterocycles. The molecule has 2 aromatic rings. The standard InChI is InChI=1S/C18H19BrClN/c19-16-12-14(20)10-11-18(16)21-17-9-5-4-8-15(17)13-6-2-1-3-7-13/h1-3,6-7,10-12,15,17,21H,4-5,8-9H2. The molecule has 0 aliphatic heterocycles. The van der Waals surface area contributed by atoms with E-state index >= 15 is 0 Å². The zero-order chi connectivity index (χ0) is 14.7. The molecule has 2 unspecified atom stereocenters. The maximum Gasteiger partial charge on any atom is 0.0488 e. The van der Waals surface area contributed by atoms with Crippen LogP contribution in [0, 0.1) is 0 Å². The van der Waals surface area contributed by atoms with Gasteiger partial charge in [0.1, 0.15) is 0 Å². The molecule has 0 radical (unpaired) electrons. The third kappa shape index (κ3) is 3.61. The van der Waals surface area contributed by atoms with Crippen LogP contribution in [0.25, 0.3) is 0 Å². The highest BCUT2D eigenvalue weighted by atomic mass is 79.9. The second-order valence-electron chi connectivity index (χ2n) is 5.68. The van der Waals surface area contributed by atoms with Gasteiger partial charge in [-0.3, -0.25) is 0 Å². The van der Waals surface area contributed by atoms with Crippen molar-refractivity contribution in [1.29, 1.82) is 0 Å². The first-order chi connectivity index (χ1) is 10.2. The number of hydrogen-bond acceptors (Lipinski definition) is 1. The lowest BCUT2D eigenvalue weighted by Crippen LogP contribution is -2.30. The van der Waals surface area contributed by atoms with Crippen molar-refractivity contribution < 1.29 is 0 Å². The van der Waals surface area contributed by atoms with Crippen LogP contribution in [0.1, 0.15) is 37.2 Å². The van der Waals surface area contributed by atoms with Gasteiger partial charge in [-0.25, -0.2) is 0 Å². The van der Waals surface area contributed by atoms with Gasteiger partial charge < -0.3 is 5.32 Å². The Balaban J connectivity index is 1.81. The van der Waals surface area contributed by atoms with Crippen LogP contribution in [-0.4, -0.2) is 6.04 Å². The molecule has 3 rings (SSSR count). The van der Waals surface area contributed by atoms with E-state index in [0.717, 1.165) is 15.2 Å². The number of rotatable bonds is 3. The van der Waals surface area contributed by atoms with Crippen LogP contribution in [0.2, 0.25) is 5.02 Å². The van der Waals surface area contributed by atoms with Crippen molar-refractivity contribution in [3.63, 3.8) is 0 Å². The third-order valence-corrected chi connectivity index (χ3v) is 5.16. The maximum absolute atomic E-state index is 6.03. The molecule has 1 nitrogen and oxygen atoms in total.